The molecule has 0 atom stereocenters. The van der Waals surface area contributed by atoms with E-state index in [0.717, 1.165) is 0 Å². The Bertz CT molecular complexity index is 152. The summed E-state index contributed by atoms with van der Waals surface area (Å²) in [6.45, 7) is 6.29. The fraction of sp³-hybridized carbons (Fsp3) is 0.750. The molecular weight excluding hydrogens is 203 g/mol. The minimum atomic E-state index is -0.866. The van der Waals surface area contributed by atoms with Gasteiger partial charge in [-0.2, -0.15) is 0 Å². The number of ketones is 2. The van der Waals surface area contributed by atoms with E-state index in [4.69, 9.17) is 4.74 Å². The van der Waals surface area contributed by atoms with Crippen LogP contribution in [0.4, 0.5) is 0 Å². The van der Waals surface area contributed by atoms with Crippen LogP contribution in [0.15, 0.2) is 0 Å². The van der Waals surface area contributed by atoms with Crippen LogP contribution in [-0.4, -0.2) is 23.8 Å². The summed E-state index contributed by atoms with van der Waals surface area (Å²) in [6.07, 6.45) is -0.956. The van der Waals surface area contributed by atoms with Gasteiger partial charge in [0.05, 0.1) is 6.10 Å². The van der Waals surface area contributed by atoms with Gasteiger partial charge in [0.1, 0.15) is 0 Å². The van der Waals surface area contributed by atoms with E-state index in [9.17, 15) is 9.59 Å². The molecule has 0 bridgehead atoms. The second-order valence-electron chi connectivity index (χ2n) is 2.79. The molecule has 0 aromatic carbocycles. The molecule has 0 aliphatic rings. The predicted octanol–water partition coefficient (Wildman–Crippen LogP) is 0.956. The predicted molar refractivity (Wildman–Crippen MR) is 41.4 cm³/mol. The van der Waals surface area contributed by atoms with Crippen molar-refractivity contribution >= 4 is 11.6 Å². The molecule has 3 nitrogen and oxygen atoms in total. The van der Waals surface area contributed by atoms with E-state index in [1.54, 1.807) is 13.8 Å². The Kier molecular flexibility index (Phi) is 7.57. The number of Topliss-reactive ketones (excluding diaryl/α,β-unsaturated/α-hetero) is 2. The number of carbonyl (C=O) groups excluding carboxylic acids is 2. The summed E-state index contributed by atoms with van der Waals surface area (Å²) in [5, 5.41) is 0. The Morgan fingerprint density at radius 1 is 1.08 bits per heavy atom. The van der Waals surface area contributed by atoms with E-state index in [1.807, 2.05) is 0 Å². The summed E-state index contributed by atoms with van der Waals surface area (Å²) >= 11 is 0. The third kappa shape index (κ3) is 5.46. The largest absolute Gasteiger partial charge is 0.360 e. The van der Waals surface area contributed by atoms with Gasteiger partial charge in [0, 0.05) is 16.8 Å². The molecule has 0 fully saturated rings. The minimum absolute atomic E-state index is 0. The molecule has 4 heteroatoms. The quantitative estimate of drug-likeness (QED) is 0.658. The summed E-state index contributed by atoms with van der Waals surface area (Å²) in [7, 11) is 0. The van der Waals surface area contributed by atoms with Crippen molar-refractivity contribution < 1.29 is 31.1 Å². The third-order valence-electron chi connectivity index (χ3n) is 1.15. The summed E-state index contributed by atoms with van der Waals surface area (Å²) < 4.78 is 5.07. The van der Waals surface area contributed by atoms with E-state index >= 15 is 0 Å². The first-order valence-electron chi connectivity index (χ1n) is 3.61. The number of hydrogen-bond donors (Lipinski definition) is 0. The molecule has 0 amide bonds. The van der Waals surface area contributed by atoms with Gasteiger partial charge < -0.3 is 4.74 Å². The van der Waals surface area contributed by atoms with Crippen LogP contribution in [0.1, 0.15) is 27.7 Å². The Labute approximate surface area is 83.1 Å². The molecule has 0 spiro atoms. The smallest absolute Gasteiger partial charge is 0.173 e. The standard InChI is InChI=1S/C8H14O3.Co/c1-5(2)11-8(6(3)9)7(4)10;/h5,8H,1-4H3;. The molecule has 12 heavy (non-hydrogen) atoms. The van der Waals surface area contributed by atoms with Crippen LogP contribution in [0.5, 0.6) is 0 Å². The van der Waals surface area contributed by atoms with Crippen molar-refractivity contribution in [1.29, 1.82) is 0 Å². The van der Waals surface area contributed by atoms with Crippen LogP contribution in [0.25, 0.3) is 0 Å². The number of rotatable bonds is 4. The summed E-state index contributed by atoms with van der Waals surface area (Å²) in [5.41, 5.74) is 0. The number of hydrogen-bond acceptors (Lipinski definition) is 3. The number of ether oxygens (including phenoxy) is 1. The zero-order valence-corrected chi connectivity index (χ0v) is 8.75. The molecule has 0 saturated heterocycles. The maximum atomic E-state index is 10.8. The summed E-state index contributed by atoms with van der Waals surface area (Å²) in [5.74, 6) is -0.461. The summed E-state index contributed by atoms with van der Waals surface area (Å²) in [6, 6.07) is 0. The Hall–Kier alpha value is -0.194. The molecule has 0 aliphatic heterocycles. The molecule has 0 N–H and O–H groups in total. The molecule has 0 heterocycles. The van der Waals surface area contributed by atoms with Crippen LogP contribution >= 0.6 is 0 Å². The van der Waals surface area contributed by atoms with Crippen molar-refractivity contribution in [1.82, 2.24) is 0 Å². The van der Waals surface area contributed by atoms with Crippen LogP contribution in [0.3, 0.4) is 0 Å². The van der Waals surface area contributed by atoms with Gasteiger partial charge in [-0.25, -0.2) is 0 Å². The second-order valence-corrected chi connectivity index (χ2v) is 2.79. The van der Waals surface area contributed by atoms with Crippen LogP contribution in [-0.2, 0) is 31.1 Å². The first-order chi connectivity index (χ1) is 4.95. The van der Waals surface area contributed by atoms with Gasteiger partial charge in [-0.3, -0.25) is 9.59 Å². The van der Waals surface area contributed by atoms with Crippen molar-refractivity contribution in [2.24, 2.45) is 0 Å². The topological polar surface area (TPSA) is 43.4 Å². The maximum Gasteiger partial charge on any atom is 0.173 e. The van der Waals surface area contributed by atoms with E-state index < -0.39 is 6.10 Å². The van der Waals surface area contributed by atoms with Crippen molar-refractivity contribution in [3.63, 3.8) is 0 Å². The van der Waals surface area contributed by atoms with Gasteiger partial charge in [0.25, 0.3) is 0 Å². The van der Waals surface area contributed by atoms with Gasteiger partial charge in [-0.15, -0.1) is 0 Å². The maximum absolute atomic E-state index is 10.8. The molecular formula is C8H14CoO3. The van der Waals surface area contributed by atoms with E-state index in [1.165, 1.54) is 13.8 Å². The molecule has 0 aromatic heterocycles. The fourth-order valence-corrected chi connectivity index (χ4v) is 0.750. The van der Waals surface area contributed by atoms with E-state index in [0.29, 0.717) is 0 Å². The fourth-order valence-electron chi connectivity index (χ4n) is 0.750. The molecule has 0 saturated carbocycles. The average molecular weight is 217 g/mol. The van der Waals surface area contributed by atoms with Crippen molar-refractivity contribution in [3.8, 4) is 0 Å². The monoisotopic (exact) mass is 217 g/mol. The first-order valence-corrected chi connectivity index (χ1v) is 3.61. The molecule has 73 valence electrons. The average Bonchev–Trinajstić information content (AvgIpc) is 1.81. The Morgan fingerprint density at radius 3 is 1.50 bits per heavy atom. The molecule has 0 aliphatic carbocycles. The molecule has 0 rings (SSSR count). The van der Waals surface area contributed by atoms with E-state index in [-0.39, 0.29) is 34.4 Å². The van der Waals surface area contributed by atoms with Crippen molar-refractivity contribution in [2.45, 2.75) is 39.9 Å². The normalized spacial score (nSPS) is 9.83. The molecule has 0 unspecified atom stereocenters. The second kappa shape index (κ2) is 6.34. The van der Waals surface area contributed by atoms with Gasteiger partial charge in [0.2, 0.25) is 0 Å². The third-order valence-corrected chi connectivity index (χ3v) is 1.15. The zero-order chi connectivity index (χ0) is 9.02. The Balaban J connectivity index is 0. The van der Waals surface area contributed by atoms with Crippen molar-refractivity contribution in [3.05, 3.63) is 0 Å². The molecule has 0 aromatic rings. The minimum Gasteiger partial charge on any atom is -0.360 e. The van der Waals surface area contributed by atoms with Gasteiger partial charge in [-0.1, -0.05) is 0 Å². The van der Waals surface area contributed by atoms with Crippen LogP contribution in [0.2, 0.25) is 0 Å². The van der Waals surface area contributed by atoms with Crippen molar-refractivity contribution in [2.75, 3.05) is 0 Å². The first kappa shape index (κ1) is 14.3. The zero-order valence-electron chi connectivity index (χ0n) is 7.71. The summed E-state index contributed by atoms with van der Waals surface area (Å²) in [4.78, 5) is 21.6. The Morgan fingerprint density at radius 2 is 1.42 bits per heavy atom. The number of carbonyl (C=O) groups is 2. The van der Waals surface area contributed by atoms with E-state index in [2.05, 4.69) is 0 Å². The molecule has 1 radical (unpaired) electrons. The SMILES string of the molecule is CC(=O)C(OC(C)C)C(C)=O.[Co]. The van der Waals surface area contributed by atoms with Gasteiger partial charge in [0.15, 0.2) is 17.7 Å². The van der Waals surface area contributed by atoms with Gasteiger partial charge >= 0.3 is 0 Å². The van der Waals surface area contributed by atoms with Crippen LogP contribution in [0, 0.1) is 0 Å². The van der Waals surface area contributed by atoms with Crippen LogP contribution < -0.4 is 0 Å². The van der Waals surface area contributed by atoms with Gasteiger partial charge in [-0.05, 0) is 27.7 Å².